The summed E-state index contributed by atoms with van der Waals surface area (Å²) >= 11 is 0. The van der Waals surface area contributed by atoms with Crippen LogP contribution in [-0.2, 0) is 4.74 Å². The first-order valence-electron chi connectivity index (χ1n) is 6.44. The van der Waals surface area contributed by atoms with Gasteiger partial charge in [0, 0.05) is 44.5 Å². The lowest BCUT2D eigenvalue weighted by Crippen LogP contribution is -2.44. The van der Waals surface area contributed by atoms with Crippen molar-refractivity contribution in [1.82, 2.24) is 5.32 Å². The van der Waals surface area contributed by atoms with Gasteiger partial charge in [0.05, 0.1) is 6.10 Å². The summed E-state index contributed by atoms with van der Waals surface area (Å²) in [6.45, 7) is 6.47. The summed E-state index contributed by atoms with van der Waals surface area (Å²) < 4.78 is 5.57. The van der Waals surface area contributed by atoms with Crippen molar-refractivity contribution in [3.05, 3.63) is 29.8 Å². The van der Waals surface area contributed by atoms with Gasteiger partial charge in [0.25, 0.3) is 0 Å². The van der Waals surface area contributed by atoms with Crippen LogP contribution < -0.4 is 10.2 Å². The zero-order chi connectivity index (χ0) is 12.1. The van der Waals surface area contributed by atoms with Crippen LogP contribution in [0.25, 0.3) is 0 Å². The van der Waals surface area contributed by atoms with Gasteiger partial charge in [-0.15, -0.1) is 0 Å². The molecule has 1 aromatic carbocycles. The molecular weight excluding hydrogens is 212 g/mol. The minimum atomic E-state index is 0.209. The molecule has 2 rings (SSSR count). The van der Waals surface area contributed by atoms with Gasteiger partial charge in [-0.25, -0.2) is 0 Å². The number of methoxy groups -OCH3 is 1. The molecule has 94 valence electrons. The molecule has 1 atom stereocenters. The van der Waals surface area contributed by atoms with E-state index < -0.39 is 0 Å². The summed E-state index contributed by atoms with van der Waals surface area (Å²) in [7, 11) is 1.79. The lowest BCUT2D eigenvalue weighted by atomic mass is 10.0. The van der Waals surface area contributed by atoms with Crippen LogP contribution in [0.4, 0.5) is 5.69 Å². The summed E-state index contributed by atoms with van der Waals surface area (Å²) in [6.07, 6.45) is 1.22. The topological polar surface area (TPSA) is 24.5 Å². The largest absolute Gasteiger partial charge is 0.377 e. The highest BCUT2D eigenvalue weighted by Gasteiger charge is 2.18. The number of piperazine rings is 1. The predicted molar refractivity (Wildman–Crippen MR) is 71.6 cm³/mol. The molecule has 3 heteroatoms. The minimum absolute atomic E-state index is 0.209. The Hall–Kier alpha value is -1.06. The van der Waals surface area contributed by atoms with Gasteiger partial charge in [0.2, 0.25) is 0 Å². The predicted octanol–water partition coefficient (Wildman–Crippen LogP) is 2.19. The molecule has 1 aliphatic heterocycles. The standard InChI is InChI=1S/C14H22N2O/c1-3-14(17-2)12-6-4-5-7-13(12)16-10-8-15-9-11-16/h4-7,14-15H,3,8-11H2,1-2H3. The van der Waals surface area contributed by atoms with Crippen LogP contribution >= 0.6 is 0 Å². The molecule has 0 spiro atoms. The molecule has 3 nitrogen and oxygen atoms in total. The van der Waals surface area contributed by atoms with Crippen LogP contribution in [0.5, 0.6) is 0 Å². The fourth-order valence-corrected chi connectivity index (χ4v) is 2.47. The summed E-state index contributed by atoms with van der Waals surface area (Å²) in [6, 6.07) is 8.61. The first kappa shape index (κ1) is 12.4. The lowest BCUT2D eigenvalue weighted by molar-refractivity contribution is 0.100. The number of nitrogens with zero attached hydrogens (tertiary/aromatic N) is 1. The SMILES string of the molecule is CCC(OC)c1ccccc1N1CCNCC1. The highest BCUT2D eigenvalue weighted by Crippen LogP contribution is 2.30. The number of hydrogen-bond donors (Lipinski definition) is 1. The van der Waals surface area contributed by atoms with E-state index in [0.717, 1.165) is 32.6 Å². The molecule has 1 unspecified atom stereocenters. The molecule has 0 aromatic heterocycles. The number of hydrogen-bond acceptors (Lipinski definition) is 3. The van der Waals surface area contributed by atoms with Crippen molar-refractivity contribution < 1.29 is 4.74 Å². The van der Waals surface area contributed by atoms with Gasteiger partial charge >= 0.3 is 0 Å². The second-order valence-corrected chi connectivity index (χ2v) is 4.43. The lowest BCUT2D eigenvalue weighted by Gasteiger charge is -2.32. The number of anilines is 1. The number of benzene rings is 1. The fraction of sp³-hybridized carbons (Fsp3) is 0.571. The summed E-state index contributed by atoms with van der Waals surface area (Å²) in [5.74, 6) is 0. The normalized spacial score (nSPS) is 18.1. The quantitative estimate of drug-likeness (QED) is 0.864. The minimum Gasteiger partial charge on any atom is -0.377 e. The molecular formula is C14H22N2O. The van der Waals surface area contributed by atoms with Crippen molar-refractivity contribution in [3.8, 4) is 0 Å². The number of ether oxygens (including phenoxy) is 1. The summed E-state index contributed by atoms with van der Waals surface area (Å²) in [5, 5.41) is 3.39. The number of rotatable bonds is 4. The third kappa shape index (κ3) is 2.79. The van der Waals surface area contributed by atoms with Crippen LogP contribution in [0.3, 0.4) is 0 Å². The second-order valence-electron chi connectivity index (χ2n) is 4.43. The van der Waals surface area contributed by atoms with E-state index in [4.69, 9.17) is 4.74 Å². The Morgan fingerprint density at radius 2 is 2.00 bits per heavy atom. The van der Waals surface area contributed by atoms with Crippen LogP contribution in [0.15, 0.2) is 24.3 Å². The highest BCUT2D eigenvalue weighted by molar-refractivity contribution is 5.55. The Morgan fingerprint density at radius 1 is 1.29 bits per heavy atom. The van der Waals surface area contributed by atoms with E-state index in [1.54, 1.807) is 7.11 Å². The van der Waals surface area contributed by atoms with Gasteiger partial charge in [0.1, 0.15) is 0 Å². The fourth-order valence-electron chi connectivity index (χ4n) is 2.47. The molecule has 0 aliphatic carbocycles. The van der Waals surface area contributed by atoms with Crippen molar-refractivity contribution in [3.63, 3.8) is 0 Å². The Balaban J connectivity index is 2.25. The van der Waals surface area contributed by atoms with Gasteiger partial charge in [-0.1, -0.05) is 25.1 Å². The maximum Gasteiger partial charge on any atom is 0.0838 e. The first-order chi connectivity index (χ1) is 8.36. The maximum atomic E-state index is 5.57. The van der Waals surface area contributed by atoms with Crippen molar-refractivity contribution in [1.29, 1.82) is 0 Å². The van der Waals surface area contributed by atoms with Gasteiger partial charge in [-0.05, 0) is 12.5 Å². The number of para-hydroxylation sites is 1. The molecule has 1 fully saturated rings. The number of nitrogens with one attached hydrogen (secondary N) is 1. The molecule has 17 heavy (non-hydrogen) atoms. The van der Waals surface area contributed by atoms with Crippen LogP contribution in [-0.4, -0.2) is 33.3 Å². The monoisotopic (exact) mass is 234 g/mol. The van der Waals surface area contributed by atoms with Crippen LogP contribution in [0.1, 0.15) is 25.0 Å². The molecule has 1 aliphatic rings. The van der Waals surface area contributed by atoms with Crippen molar-refractivity contribution in [2.45, 2.75) is 19.4 Å². The van der Waals surface area contributed by atoms with Gasteiger partial charge < -0.3 is 15.0 Å². The van der Waals surface area contributed by atoms with Gasteiger partial charge in [-0.2, -0.15) is 0 Å². The molecule has 1 saturated heterocycles. The first-order valence-corrected chi connectivity index (χ1v) is 6.44. The van der Waals surface area contributed by atoms with Crippen molar-refractivity contribution in [2.24, 2.45) is 0 Å². The second kappa shape index (κ2) is 6.03. The molecule has 0 amide bonds. The molecule has 0 radical (unpaired) electrons. The smallest absolute Gasteiger partial charge is 0.0838 e. The zero-order valence-corrected chi connectivity index (χ0v) is 10.8. The maximum absolute atomic E-state index is 5.57. The molecule has 0 saturated carbocycles. The average molecular weight is 234 g/mol. The Labute approximate surface area is 104 Å². The van der Waals surface area contributed by atoms with E-state index in [2.05, 4.69) is 41.4 Å². The van der Waals surface area contributed by atoms with E-state index in [-0.39, 0.29) is 6.10 Å². The van der Waals surface area contributed by atoms with Crippen LogP contribution in [0.2, 0.25) is 0 Å². The van der Waals surface area contributed by atoms with E-state index >= 15 is 0 Å². The van der Waals surface area contributed by atoms with Crippen LogP contribution in [0, 0.1) is 0 Å². The molecule has 1 heterocycles. The molecule has 1 aromatic rings. The summed E-state index contributed by atoms with van der Waals surface area (Å²) in [5.41, 5.74) is 2.65. The molecule has 0 bridgehead atoms. The Kier molecular flexibility index (Phi) is 4.40. The third-order valence-corrected chi connectivity index (χ3v) is 3.40. The van der Waals surface area contributed by atoms with Gasteiger partial charge in [-0.3, -0.25) is 0 Å². The third-order valence-electron chi connectivity index (χ3n) is 3.40. The van der Waals surface area contributed by atoms with E-state index in [0.29, 0.717) is 0 Å². The van der Waals surface area contributed by atoms with E-state index in [9.17, 15) is 0 Å². The van der Waals surface area contributed by atoms with Gasteiger partial charge in [0.15, 0.2) is 0 Å². The zero-order valence-electron chi connectivity index (χ0n) is 10.8. The van der Waals surface area contributed by atoms with Crippen molar-refractivity contribution >= 4 is 5.69 Å². The molecule has 1 N–H and O–H groups in total. The Bertz CT molecular complexity index is 344. The van der Waals surface area contributed by atoms with E-state index in [1.165, 1.54) is 11.3 Å². The van der Waals surface area contributed by atoms with E-state index in [1.807, 2.05) is 0 Å². The average Bonchev–Trinajstić information content (AvgIpc) is 2.42. The Morgan fingerprint density at radius 3 is 2.65 bits per heavy atom. The van der Waals surface area contributed by atoms with Crippen molar-refractivity contribution in [2.75, 3.05) is 38.2 Å². The summed E-state index contributed by atoms with van der Waals surface area (Å²) in [4.78, 5) is 2.45. The highest BCUT2D eigenvalue weighted by atomic mass is 16.5.